The van der Waals surface area contributed by atoms with Gasteiger partial charge in [-0.1, -0.05) is 36.7 Å². The Morgan fingerprint density at radius 2 is 2.10 bits per heavy atom. The molecule has 4 nitrogen and oxygen atoms in total. The molecule has 0 aliphatic carbocycles. The summed E-state index contributed by atoms with van der Waals surface area (Å²) in [5, 5.41) is 12.3. The number of para-hydroxylation sites is 1. The number of halogens is 1. The van der Waals surface area contributed by atoms with E-state index in [2.05, 4.69) is 10.3 Å². The maximum atomic E-state index is 12.2. The van der Waals surface area contributed by atoms with Gasteiger partial charge in [-0.2, -0.15) is 0 Å². The monoisotopic (exact) mass is 290 g/mol. The number of rotatable bonds is 4. The first kappa shape index (κ1) is 14.5. The summed E-state index contributed by atoms with van der Waals surface area (Å²) in [6, 6.07) is 10.3. The van der Waals surface area contributed by atoms with Crippen LogP contribution in [0.5, 0.6) is 0 Å². The molecule has 5 heteroatoms. The highest BCUT2D eigenvalue weighted by Crippen LogP contribution is 2.17. The number of aromatic nitrogens is 1. The maximum Gasteiger partial charge on any atom is 0.255 e. The summed E-state index contributed by atoms with van der Waals surface area (Å²) < 4.78 is 0. The Labute approximate surface area is 122 Å². The van der Waals surface area contributed by atoms with Crippen LogP contribution in [0.3, 0.4) is 0 Å². The van der Waals surface area contributed by atoms with Gasteiger partial charge in [-0.25, -0.2) is 4.98 Å². The normalized spacial score (nSPS) is 10.3. The molecule has 0 saturated carbocycles. The summed E-state index contributed by atoms with van der Waals surface area (Å²) in [5.74, 6) is -0.273. The minimum atomic E-state index is -0.273. The van der Waals surface area contributed by atoms with E-state index in [0.717, 1.165) is 5.69 Å². The molecule has 1 heterocycles. The molecule has 0 fully saturated rings. The number of anilines is 1. The van der Waals surface area contributed by atoms with Gasteiger partial charge in [-0.15, -0.1) is 0 Å². The van der Waals surface area contributed by atoms with Crippen molar-refractivity contribution < 1.29 is 9.90 Å². The van der Waals surface area contributed by atoms with Crippen LogP contribution in [-0.2, 0) is 13.0 Å². The molecule has 104 valence electrons. The minimum absolute atomic E-state index is 0.131. The number of nitrogens with one attached hydrogen (secondary N) is 1. The number of amides is 1. The molecule has 0 aliphatic rings. The van der Waals surface area contributed by atoms with Crippen molar-refractivity contribution in [1.29, 1.82) is 0 Å². The number of hydrogen-bond donors (Lipinski definition) is 2. The van der Waals surface area contributed by atoms with E-state index in [1.807, 2.05) is 6.92 Å². The first-order valence-electron chi connectivity index (χ1n) is 6.30. The van der Waals surface area contributed by atoms with Crippen LogP contribution >= 0.6 is 11.6 Å². The number of aliphatic hydroxyl groups is 1. The fraction of sp³-hybridized carbons (Fsp3) is 0.200. The standard InChI is InChI=1S/C15H15ClN2O2/c1-2-12-7-11(8-14(16)17-12)15(20)18-13-6-4-3-5-10(13)9-19/h3-8,19H,2,9H2,1H3,(H,18,20). The van der Waals surface area contributed by atoms with Crippen molar-refractivity contribution in [2.24, 2.45) is 0 Å². The lowest BCUT2D eigenvalue weighted by Crippen LogP contribution is -2.14. The van der Waals surface area contributed by atoms with E-state index in [-0.39, 0.29) is 12.5 Å². The van der Waals surface area contributed by atoms with Crippen molar-refractivity contribution in [1.82, 2.24) is 4.98 Å². The van der Waals surface area contributed by atoms with Gasteiger partial charge in [0.1, 0.15) is 5.15 Å². The van der Waals surface area contributed by atoms with Gasteiger partial charge in [-0.05, 0) is 24.6 Å². The topological polar surface area (TPSA) is 62.2 Å². The molecule has 0 aliphatic heterocycles. The van der Waals surface area contributed by atoms with Gasteiger partial charge in [0.2, 0.25) is 0 Å². The first-order chi connectivity index (χ1) is 9.63. The molecule has 1 aromatic heterocycles. The minimum Gasteiger partial charge on any atom is -0.392 e. The van der Waals surface area contributed by atoms with Crippen LogP contribution in [0.4, 0.5) is 5.69 Å². The lowest BCUT2D eigenvalue weighted by atomic mass is 10.1. The Kier molecular flexibility index (Phi) is 4.71. The van der Waals surface area contributed by atoms with Gasteiger partial charge >= 0.3 is 0 Å². The fourth-order valence-corrected chi connectivity index (χ4v) is 2.06. The second kappa shape index (κ2) is 6.50. The molecule has 2 aromatic rings. The van der Waals surface area contributed by atoms with Crippen LogP contribution in [-0.4, -0.2) is 16.0 Å². The molecule has 2 rings (SSSR count). The quantitative estimate of drug-likeness (QED) is 0.851. The third-order valence-electron chi connectivity index (χ3n) is 2.91. The number of aliphatic hydroxyl groups excluding tert-OH is 1. The fourth-order valence-electron chi connectivity index (χ4n) is 1.84. The molecule has 0 radical (unpaired) electrons. The second-order valence-corrected chi connectivity index (χ2v) is 4.68. The van der Waals surface area contributed by atoms with E-state index in [9.17, 15) is 9.90 Å². The summed E-state index contributed by atoms with van der Waals surface area (Å²) in [6.45, 7) is 1.81. The largest absolute Gasteiger partial charge is 0.392 e. The molecule has 1 aromatic carbocycles. The number of aryl methyl sites for hydroxylation is 1. The van der Waals surface area contributed by atoms with Crippen LogP contribution in [0.2, 0.25) is 5.15 Å². The Morgan fingerprint density at radius 1 is 1.35 bits per heavy atom. The lowest BCUT2D eigenvalue weighted by molar-refractivity contribution is 0.102. The smallest absolute Gasteiger partial charge is 0.255 e. The van der Waals surface area contributed by atoms with Crippen LogP contribution < -0.4 is 5.32 Å². The maximum absolute atomic E-state index is 12.2. The molecule has 0 atom stereocenters. The zero-order valence-electron chi connectivity index (χ0n) is 11.1. The van der Waals surface area contributed by atoms with Crippen molar-refractivity contribution >= 4 is 23.2 Å². The molecule has 2 N–H and O–H groups in total. The summed E-state index contributed by atoms with van der Waals surface area (Å²) in [4.78, 5) is 16.3. The SMILES string of the molecule is CCc1cc(C(=O)Nc2ccccc2CO)cc(Cl)n1. The average molecular weight is 291 g/mol. The van der Waals surface area contributed by atoms with Crippen LogP contribution in [0.1, 0.15) is 28.5 Å². The summed E-state index contributed by atoms with van der Waals surface area (Å²) in [7, 11) is 0. The zero-order chi connectivity index (χ0) is 14.5. The van der Waals surface area contributed by atoms with Crippen molar-refractivity contribution in [3.63, 3.8) is 0 Å². The van der Waals surface area contributed by atoms with E-state index in [4.69, 9.17) is 11.6 Å². The summed E-state index contributed by atoms with van der Waals surface area (Å²) in [6.07, 6.45) is 0.702. The Morgan fingerprint density at radius 3 is 2.80 bits per heavy atom. The van der Waals surface area contributed by atoms with Gasteiger partial charge < -0.3 is 10.4 Å². The highest BCUT2D eigenvalue weighted by Gasteiger charge is 2.11. The summed E-state index contributed by atoms with van der Waals surface area (Å²) >= 11 is 5.90. The van der Waals surface area contributed by atoms with Crippen molar-refractivity contribution in [3.8, 4) is 0 Å². The number of hydrogen-bond acceptors (Lipinski definition) is 3. The number of pyridine rings is 1. The van der Waals surface area contributed by atoms with Crippen LogP contribution in [0.25, 0.3) is 0 Å². The highest BCUT2D eigenvalue weighted by molar-refractivity contribution is 6.29. The summed E-state index contributed by atoms with van der Waals surface area (Å²) in [5.41, 5.74) is 2.47. The number of nitrogens with zero attached hydrogens (tertiary/aromatic N) is 1. The Bertz CT molecular complexity index is 629. The predicted molar refractivity (Wildman–Crippen MR) is 78.9 cm³/mol. The molecular weight excluding hydrogens is 276 g/mol. The third kappa shape index (κ3) is 3.35. The number of carbonyl (C=O) groups is 1. The molecule has 0 saturated heterocycles. The zero-order valence-corrected chi connectivity index (χ0v) is 11.8. The van der Waals surface area contributed by atoms with Crippen molar-refractivity contribution in [2.45, 2.75) is 20.0 Å². The lowest BCUT2D eigenvalue weighted by Gasteiger charge is -2.10. The van der Waals surface area contributed by atoms with E-state index >= 15 is 0 Å². The van der Waals surface area contributed by atoms with Crippen LogP contribution in [0, 0.1) is 0 Å². The van der Waals surface area contributed by atoms with E-state index in [1.54, 1.807) is 30.3 Å². The first-order valence-corrected chi connectivity index (χ1v) is 6.68. The average Bonchev–Trinajstić information content (AvgIpc) is 2.47. The van der Waals surface area contributed by atoms with Gasteiger partial charge in [-0.3, -0.25) is 4.79 Å². The second-order valence-electron chi connectivity index (χ2n) is 4.29. The third-order valence-corrected chi connectivity index (χ3v) is 3.10. The van der Waals surface area contributed by atoms with Crippen LogP contribution in [0.15, 0.2) is 36.4 Å². The Hall–Kier alpha value is -1.91. The molecule has 0 unspecified atom stereocenters. The molecular formula is C15H15ClN2O2. The van der Waals surface area contributed by atoms with E-state index in [0.29, 0.717) is 28.4 Å². The molecule has 20 heavy (non-hydrogen) atoms. The molecule has 0 spiro atoms. The molecule has 0 bridgehead atoms. The number of benzene rings is 1. The van der Waals surface area contributed by atoms with Gasteiger partial charge in [0, 0.05) is 22.5 Å². The molecule has 1 amide bonds. The van der Waals surface area contributed by atoms with Crippen molar-refractivity contribution in [2.75, 3.05) is 5.32 Å². The van der Waals surface area contributed by atoms with Crippen molar-refractivity contribution in [3.05, 3.63) is 58.4 Å². The highest BCUT2D eigenvalue weighted by atomic mass is 35.5. The number of carbonyl (C=O) groups excluding carboxylic acids is 1. The van der Waals surface area contributed by atoms with E-state index in [1.165, 1.54) is 6.07 Å². The van der Waals surface area contributed by atoms with Gasteiger partial charge in [0.05, 0.1) is 6.61 Å². The van der Waals surface area contributed by atoms with Gasteiger partial charge in [0.15, 0.2) is 0 Å². The predicted octanol–water partition coefficient (Wildman–Crippen LogP) is 3.04. The van der Waals surface area contributed by atoms with Gasteiger partial charge in [0.25, 0.3) is 5.91 Å². The Balaban J connectivity index is 2.26. The van der Waals surface area contributed by atoms with E-state index < -0.39 is 0 Å².